The number of hydrogen-bond acceptors (Lipinski definition) is 2. The molecule has 0 amide bonds. The van der Waals surface area contributed by atoms with Crippen LogP contribution in [0.2, 0.25) is 10.0 Å². The molecule has 0 aliphatic carbocycles. The van der Waals surface area contributed by atoms with E-state index in [1.807, 2.05) is 6.92 Å². The molecule has 0 spiro atoms. The third-order valence-corrected chi connectivity index (χ3v) is 4.76. The first-order valence-electron chi connectivity index (χ1n) is 4.95. The van der Waals surface area contributed by atoms with Crippen LogP contribution >= 0.6 is 34.8 Å². The van der Waals surface area contributed by atoms with Crippen molar-refractivity contribution in [2.24, 2.45) is 0 Å². The molecule has 0 aromatic heterocycles. The van der Waals surface area contributed by atoms with E-state index in [1.165, 1.54) is 18.2 Å². The second-order valence-electron chi connectivity index (χ2n) is 3.43. The van der Waals surface area contributed by atoms with Crippen molar-refractivity contribution in [2.45, 2.75) is 23.6 Å². The summed E-state index contributed by atoms with van der Waals surface area (Å²) in [7, 11) is -3.58. The number of hydrogen-bond donors (Lipinski definition) is 1. The van der Waals surface area contributed by atoms with Gasteiger partial charge in [-0.25, -0.2) is 13.1 Å². The van der Waals surface area contributed by atoms with Crippen LogP contribution in [-0.2, 0) is 10.0 Å². The number of halogens is 3. The summed E-state index contributed by atoms with van der Waals surface area (Å²) in [6, 6.07) is 4.14. The fourth-order valence-corrected chi connectivity index (χ4v) is 2.71. The first kappa shape index (κ1) is 15.1. The summed E-state index contributed by atoms with van der Waals surface area (Å²) in [6.45, 7) is 2.06. The highest BCUT2D eigenvalue weighted by atomic mass is 35.5. The summed E-state index contributed by atoms with van der Waals surface area (Å²) >= 11 is 17.3. The molecule has 1 atom stereocenters. The quantitative estimate of drug-likeness (QED) is 0.847. The van der Waals surface area contributed by atoms with E-state index < -0.39 is 10.0 Å². The molecule has 7 heteroatoms. The van der Waals surface area contributed by atoms with Gasteiger partial charge in [0.25, 0.3) is 0 Å². The first-order valence-corrected chi connectivity index (χ1v) is 7.63. The summed E-state index contributed by atoms with van der Waals surface area (Å²) in [5.41, 5.74) is 0. The molecule has 17 heavy (non-hydrogen) atoms. The molecule has 0 saturated heterocycles. The molecule has 1 aromatic carbocycles. The average molecular weight is 317 g/mol. The molecular weight excluding hydrogens is 305 g/mol. The van der Waals surface area contributed by atoms with Crippen LogP contribution in [0.15, 0.2) is 23.1 Å². The van der Waals surface area contributed by atoms with Gasteiger partial charge in [0.2, 0.25) is 10.0 Å². The van der Waals surface area contributed by atoms with Crippen molar-refractivity contribution >= 4 is 44.8 Å². The van der Waals surface area contributed by atoms with E-state index >= 15 is 0 Å². The molecule has 0 radical (unpaired) electrons. The van der Waals surface area contributed by atoms with Crippen molar-refractivity contribution < 1.29 is 8.42 Å². The van der Waals surface area contributed by atoms with Crippen LogP contribution in [0.3, 0.4) is 0 Å². The number of alkyl halides is 1. The molecule has 0 aliphatic rings. The van der Waals surface area contributed by atoms with Crippen LogP contribution < -0.4 is 4.72 Å². The molecule has 0 fully saturated rings. The van der Waals surface area contributed by atoms with Gasteiger partial charge in [0.1, 0.15) is 0 Å². The topological polar surface area (TPSA) is 46.2 Å². The summed E-state index contributed by atoms with van der Waals surface area (Å²) < 4.78 is 26.1. The number of rotatable bonds is 5. The molecule has 96 valence electrons. The van der Waals surface area contributed by atoms with Gasteiger partial charge in [0, 0.05) is 11.9 Å². The zero-order valence-electron chi connectivity index (χ0n) is 9.08. The summed E-state index contributed by atoms with van der Waals surface area (Å²) in [6.07, 6.45) is 0.686. The minimum Gasteiger partial charge on any atom is -0.210 e. The Balaban J connectivity index is 2.86. The maximum absolute atomic E-state index is 11.8. The van der Waals surface area contributed by atoms with E-state index in [-0.39, 0.29) is 21.8 Å². The van der Waals surface area contributed by atoms with Crippen molar-refractivity contribution in [1.29, 1.82) is 0 Å². The normalized spacial score (nSPS) is 13.6. The smallest absolute Gasteiger partial charge is 0.210 e. The maximum atomic E-state index is 11.8. The Morgan fingerprint density at radius 2 is 1.94 bits per heavy atom. The zero-order chi connectivity index (χ0) is 13.1. The van der Waals surface area contributed by atoms with Gasteiger partial charge in [-0.3, -0.25) is 0 Å². The van der Waals surface area contributed by atoms with E-state index in [0.717, 1.165) is 0 Å². The summed E-state index contributed by atoms with van der Waals surface area (Å²) in [4.78, 5) is 0.0758. The molecule has 1 unspecified atom stereocenters. The van der Waals surface area contributed by atoms with Crippen molar-refractivity contribution in [3.63, 3.8) is 0 Å². The van der Waals surface area contributed by atoms with Crippen LogP contribution in [-0.4, -0.2) is 20.3 Å². The summed E-state index contributed by atoms with van der Waals surface area (Å²) in [5.74, 6) is 0. The Morgan fingerprint density at radius 1 is 1.29 bits per heavy atom. The highest BCUT2D eigenvalue weighted by molar-refractivity contribution is 7.89. The standard InChI is InChI=1S/C10H12Cl3NO2S/c1-2-7(11)6-14-17(15,16)8-3-4-9(12)10(13)5-8/h3-5,7,14H,2,6H2,1H3. The lowest BCUT2D eigenvalue weighted by Crippen LogP contribution is -2.29. The van der Waals surface area contributed by atoms with Crippen LogP contribution in [0, 0.1) is 0 Å². The number of sulfonamides is 1. The predicted molar refractivity (Wildman–Crippen MR) is 71.6 cm³/mol. The van der Waals surface area contributed by atoms with E-state index in [2.05, 4.69) is 4.72 Å². The molecule has 0 aliphatic heterocycles. The second kappa shape index (κ2) is 6.25. The second-order valence-corrected chi connectivity index (χ2v) is 6.63. The first-order chi connectivity index (χ1) is 7.86. The third kappa shape index (κ3) is 4.30. The number of nitrogens with one attached hydrogen (secondary N) is 1. The fraction of sp³-hybridized carbons (Fsp3) is 0.400. The van der Waals surface area contributed by atoms with Gasteiger partial charge in [0.05, 0.1) is 14.9 Å². The lowest BCUT2D eigenvalue weighted by Gasteiger charge is -2.10. The van der Waals surface area contributed by atoms with Gasteiger partial charge in [-0.05, 0) is 24.6 Å². The van der Waals surface area contributed by atoms with Crippen molar-refractivity contribution in [1.82, 2.24) is 4.72 Å². The Bertz CT molecular complexity index is 490. The molecule has 0 heterocycles. The van der Waals surface area contributed by atoms with Gasteiger partial charge in [-0.2, -0.15) is 0 Å². The van der Waals surface area contributed by atoms with Gasteiger partial charge in [-0.15, -0.1) is 11.6 Å². The van der Waals surface area contributed by atoms with E-state index in [4.69, 9.17) is 34.8 Å². The molecule has 3 nitrogen and oxygen atoms in total. The third-order valence-electron chi connectivity index (χ3n) is 2.14. The molecule has 1 aromatic rings. The Hall–Kier alpha value is -0.000000000000000111. The van der Waals surface area contributed by atoms with Gasteiger partial charge >= 0.3 is 0 Å². The van der Waals surface area contributed by atoms with Crippen molar-refractivity contribution in [3.8, 4) is 0 Å². The molecule has 0 saturated carbocycles. The minimum atomic E-state index is -3.58. The van der Waals surface area contributed by atoms with Gasteiger partial charge in [0.15, 0.2) is 0 Å². The van der Waals surface area contributed by atoms with E-state index in [1.54, 1.807) is 0 Å². The van der Waals surface area contributed by atoms with E-state index in [9.17, 15) is 8.42 Å². The lowest BCUT2D eigenvalue weighted by molar-refractivity contribution is 0.579. The molecular formula is C10H12Cl3NO2S. The SMILES string of the molecule is CCC(Cl)CNS(=O)(=O)c1ccc(Cl)c(Cl)c1. The fourth-order valence-electron chi connectivity index (χ4n) is 1.07. The molecule has 1 N–H and O–H groups in total. The molecule has 1 rings (SSSR count). The highest BCUT2D eigenvalue weighted by Crippen LogP contribution is 2.24. The van der Waals surface area contributed by atoms with Crippen LogP contribution in [0.1, 0.15) is 13.3 Å². The van der Waals surface area contributed by atoms with E-state index in [0.29, 0.717) is 11.4 Å². The summed E-state index contributed by atoms with van der Waals surface area (Å²) in [5, 5.41) is 0.286. The van der Waals surface area contributed by atoms with Crippen LogP contribution in [0.4, 0.5) is 0 Å². The monoisotopic (exact) mass is 315 g/mol. The van der Waals surface area contributed by atoms with Crippen molar-refractivity contribution in [3.05, 3.63) is 28.2 Å². The highest BCUT2D eigenvalue weighted by Gasteiger charge is 2.16. The zero-order valence-corrected chi connectivity index (χ0v) is 12.2. The Morgan fingerprint density at radius 3 is 2.47 bits per heavy atom. The van der Waals surface area contributed by atoms with Crippen molar-refractivity contribution in [2.75, 3.05) is 6.54 Å². The maximum Gasteiger partial charge on any atom is 0.240 e. The number of benzene rings is 1. The lowest BCUT2D eigenvalue weighted by atomic mass is 10.3. The van der Waals surface area contributed by atoms with Crippen LogP contribution in [0.5, 0.6) is 0 Å². The van der Waals surface area contributed by atoms with Gasteiger partial charge in [-0.1, -0.05) is 30.1 Å². The van der Waals surface area contributed by atoms with Crippen LogP contribution in [0.25, 0.3) is 0 Å². The predicted octanol–water partition coefficient (Wildman–Crippen LogP) is 3.29. The largest absolute Gasteiger partial charge is 0.240 e. The Kier molecular flexibility index (Phi) is 5.54. The van der Waals surface area contributed by atoms with Gasteiger partial charge < -0.3 is 0 Å². The average Bonchev–Trinajstić information content (AvgIpc) is 2.29. The molecule has 0 bridgehead atoms. The Labute approximate surface area is 116 Å². The minimum absolute atomic E-state index is 0.0758.